The summed E-state index contributed by atoms with van der Waals surface area (Å²) in [5.74, 6) is 0.804. The van der Waals surface area contributed by atoms with Crippen molar-refractivity contribution in [3.05, 3.63) is 30.1 Å². The van der Waals surface area contributed by atoms with Crippen LogP contribution in [0.15, 0.2) is 24.5 Å². The number of rotatable bonds is 1. The Labute approximate surface area is 86.6 Å². The van der Waals surface area contributed by atoms with Gasteiger partial charge in [0, 0.05) is 12.4 Å². The van der Waals surface area contributed by atoms with Gasteiger partial charge in [-0.25, -0.2) is 0 Å². The molecule has 1 aromatic rings. The first-order valence-electron chi connectivity index (χ1n) is 5.87. The molecule has 1 nitrogen and oxygen atoms in total. The van der Waals surface area contributed by atoms with Crippen LogP contribution in [-0.2, 0) is 0 Å². The van der Waals surface area contributed by atoms with Gasteiger partial charge >= 0.3 is 0 Å². The zero-order valence-electron chi connectivity index (χ0n) is 8.78. The molecule has 0 amide bonds. The molecule has 0 N–H and O–H groups in total. The lowest BCUT2D eigenvalue weighted by Gasteiger charge is -2.19. The molecule has 76 valence electrons. The van der Waals surface area contributed by atoms with E-state index in [4.69, 9.17) is 0 Å². The minimum atomic E-state index is 0.804. The lowest BCUT2D eigenvalue weighted by molar-refractivity contribution is 0.455. The molecule has 1 aromatic heterocycles. The van der Waals surface area contributed by atoms with E-state index in [2.05, 4.69) is 17.1 Å². The second kappa shape index (κ2) is 5.14. The van der Waals surface area contributed by atoms with Crippen molar-refractivity contribution in [3.63, 3.8) is 0 Å². The SMILES string of the molecule is c1cc(C2CCCCCCC2)ccn1. The summed E-state index contributed by atoms with van der Waals surface area (Å²) in [6.45, 7) is 0. The third-order valence-electron chi connectivity index (χ3n) is 3.28. The fourth-order valence-electron chi connectivity index (χ4n) is 2.43. The first-order valence-corrected chi connectivity index (χ1v) is 5.87. The van der Waals surface area contributed by atoms with Gasteiger partial charge in [0.15, 0.2) is 0 Å². The number of hydrogen-bond donors (Lipinski definition) is 0. The van der Waals surface area contributed by atoms with Crippen molar-refractivity contribution in [1.82, 2.24) is 4.98 Å². The second-order valence-electron chi connectivity index (χ2n) is 4.32. The Balaban J connectivity index is 2.01. The average Bonchev–Trinajstić information content (AvgIpc) is 2.18. The van der Waals surface area contributed by atoms with Crippen molar-refractivity contribution in [1.29, 1.82) is 0 Å². The molecule has 14 heavy (non-hydrogen) atoms. The predicted molar refractivity (Wildman–Crippen MR) is 59.3 cm³/mol. The van der Waals surface area contributed by atoms with Crippen molar-refractivity contribution < 1.29 is 0 Å². The largest absolute Gasteiger partial charge is 0.265 e. The topological polar surface area (TPSA) is 12.9 Å². The molecule has 1 aliphatic rings. The van der Waals surface area contributed by atoms with E-state index < -0.39 is 0 Å². The van der Waals surface area contributed by atoms with Gasteiger partial charge < -0.3 is 0 Å². The Morgan fingerprint density at radius 3 is 2.07 bits per heavy atom. The third-order valence-corrected chi connectivity index (χ3v) is 3.28. The molecule has 0 atom stereocenters. The maximum atomic E-state index is 4.08. The normalized spacial score (nSPS) is 20.0. The molecule has 1 heteroatoms. The van der Waals surface area contributed by atoms with E-state index in [1.807, 2.05) is 12.4 Å². The highest BCUT2D eigenvalue weighted by Gasteiger charge is 2.12. The van der Waals surface area contributed by atoms with E-state index in [-0.39, 0.29) is 0 Å². The van der Waals surface area contributed by atoms with Gasteiger partial charge in [-0.2, -0.15) is 0 Å². The number of nitrogens with zero attached hydrogens (tertiary/aromatic N) is 1. The number of pyridine rings is 1. The molecular formula is C13H19N. The highest BCUT2D eigenvalue weighted by atomic mass is 14.6. The van der Waals surface area contributed by atoms with Crippen molar-refractivity contribution >= 4 is 0 Å². The van der Waals surface area contributed by atoms with E-state index in [1.165, 1.54) is 50.5 Å². The molecule has 0 bridgehead atoms. The van der Waals surface area contributed by atoms with E-state index in [0.29, 0.717) is 0 Å². The zero-order valence-corrected chi connectivity index (χ0v) is 8.78. The van der Waals surface area contributed by atoms with Gasteiger partial charge in [0.05, 0.1) is 0 Å². The van der Waals surface area contributed by atoms with E-state index in [9.17, 15) is 0 Å². The van der Waals surface area contributed by atoms with E-state index in [0.717, 1.165) is 5.92 Å². The highest BCUT2D eigenvalue weighted by molar-refractivity contribution is 5.15. The Hall–Kier alpha value is -0.850. The minimum Gasteiger partial charge on any atom is -0.265 e. The predicted octanol–water partition coefficient (Wildman–Crippen LogP) is 3.91. The Morgan fingerprint density at radius 2 is 1.43 bits per heavy atom. The molecule has 0 aliphatic heterocycles. The van der Waals surface area contributed by atoms with Crippen LogP contribution in [0.4, 0.5) is 0 Å². The first kappa shape index (κ1) is 9.70. The standard InChI is InChI=1S/C13H19N/c1-2-4-6-12(7-5-3-1)13-8-10-14-11-9-13/h8-12H,1-7H2. The van der Waals surface area contributed by atoms with Crippen LogP contribution < -0.4 is 0 Å². The molecule has 1 fully saturated rings. The first-order chi connectivity index (χ1) is 6.97. The molecule has 1 heterocycles. The summed E-state index contributed by atoms with van der Waals surface area (Å²) in [6, 6.07) is 4.37. The molecule has 1 aliphatic carbocycles. The molecule has 0 saturated heterocycles. The number of aromatic nitrogens is 1. The minimum absolute atomic E-state index is 0.804. The molecule has 0 unspecified atom stereocenters. The van der Waals surface area contributed by atoms with Gasteiger partial charge in [-0.05, 0) is 36.5 Å². The Bertz CT molecular complexity index is 247. The van der Waals surface area contributed by atoms with Gasteiger partial charge in [-0.3, -0.25) is 4.98 Å². The van der Waals surface area contributed by atoms with Gasteiger partial charge in [-0.15, -0.1) is 0 Å². The van der Waals surface area contributed by atoms with Gasteiger partial charge in [-0.1, -0.05) is 32.1 Å². The number of hydrogen-bond acceptors (Lipinski definition) is 1. The summed E-state index contributed by atoms with van der Waals surface area (Å²) >= 11 is 0. The van der Waals surface area contributed by atoms with Crippen molar-refractivity contribution in [2.75, 3.05) is 0 Å². The van der Waals surface area contributed by atoms with E-state index in [1.54, 1.807) is 0 Å². The van der Waals surface area contributed by atoms with E-state index >= 15 is 0 Å². The smallest absolute Gasteiger partial charge is 0.0270 e. The molecule has 0 aromatic carbocycles. The average molecular weight is 189 g/mol. The van der Waals surface area contributed by atoms with Crippen LogP contribution in [0.3, 0.4) is 0 Å². The summed E-state index contributed by atoms with van der Waals surface area (Å²) in [7, 11) is 0. The Kier molecular flexibility index (Phi) is 3.56. The third kappa shape index (κ3) is 2.57. The zero-order chi connectivity index (χ0) is 9.64. The van der Waals surface area contributed by atoms with Crippen LogP contribution in [0.1, 0.15) is 56.4 Å². The van der Waals surface area contributed by atoms with Crippen LogP contribution in [0.5, 0.6) is 0 Å². The molecule has 0 radical (unpaired) electrons. The highest BCUT2D eigenvalue weighted by Crippen LogP contribution is 2.30. The molecule has 1 saturated carbocycles. The monoisotopic (exact) mass is 189 g/mol. The van der Waals surface area contributed by atoms with Gasteiger partial charge in [0.1, 0.15) is 0 Å². The Morgan fingerprint density at radius 1 is 0.857 bits per heavy atom. The maximum Gasteiger partial charge on any atom is 0.0270 e. The van der Waals surface area contributed by atoms with Crippen molar-refractivity contribution in [2.24, 2.45) is 0 Å². The second-order valence-corrected chi connectivity index (χ2v) is 4.32. The van der Waals surface area contributed by atoms with Crippen molar-refractivity contribution in [3.8, 4) is 0 Å². The lowest BCUT2D eigenvalue weighted by Crippen LogP contribution is -2.02. The quantitative estimate of drug-likeness (QED) is 0.652. The van der Waals surface area contributed by atoms with Crippen LogP contribution in [-0.4, -0.2) is 4.98 Å². The van der Waals surface area contributed by atoms with Crippen LogP contribution >= 0.6 is 0 Å². The summed E-state index contributed by atoms with van der Waals surface area (Å²) in [5.41, 5.74) is 1.50. The fraction of sp³-hybridized carbons (Fsp3) is 0.615. The molecule has 0 spiro atoms. The van der Waals surface area contributed by atoms with Crippen LogP contribution in [0.2, 0.25) is 0 Å². The maximum absolute atomic E-state index is 4.08. The van der Waals surface area contributed by atoms with Crippen LogP contribution in [0, 0.1) is 0 Å². The van der Waals surface area contributed by atoms with Gasteiger partial charge in [0.25, 0.3) is 0 Å². The lowest BCUT2D eigenvalue weighted by atomic mass is 9.86. The molecule has 2 rings (SSSR count). The van der Waals surface area contributed by atoms with Crippen LogP contribution in [0.25, 0.3) is 0 Å². The summed E-state index contributed by atoms with van der Waals surface area (Å²) in [4.78, 5) is 4.08. The van der Waals surface area contributed by atoms with Crippen molar-refractivity contribution in [2.45, 2.75) is 50.9 Å². The summed E-state index contributed by atoms with van der Waals surface area (Å²) in [5, 5.41) is 0. The summed E-state index contributed by atoms with van der Waals surface area (Å²) < 4.78 is 0. The summed E-state index contributed by atoms with van der Waals surface area (Å²) in [6.07, 6.45) is 13.7. The van der Waals surface area contributed by atoms with Gasteiger partial charge in [0.2, 0.25) is 0 Å². The fourth-order valence-corrected chi connectivity index (χ4v) is 2.43. The molecular weight excluding hydrogens is 170 g/mol.